The van der Waals surface area contributed by atoms with Gasteiger partial charge in [-0.1, -0.05) is 74.0 Å². The fraction of sp³-hybridized carbons (Fsp3) is 0.231. The van der Waals surface area contributed by atoms with Gasteiger partial charge in [-0.3, -0.25) is 4.79 Å². The van der Waals surface area contributed by atoms with Gasteiger partial charge in [0, 0.05) is 5.56 Å². The van der Waals surface area contributed by atoms with E-state index in [1.807, 2.05) is 61.5 Å². The van der Waals surface area contributed by atoms with E-state index in [4.69, 9.17) is 4.74 Å². The maximum atomic E-state index is 12.8. The average Bonchev–Trinajstić information content (AvgIpc) is 2.82. The van der Waals surface area contributed by atoms with Crippen LogP contribution in [0.2, 0.25) is 0 Å². The van der Waals surface area contributed by atoms with Crippen LogP contribution in [0.15, 0.2) is 88.9 Å². The summed E-state index contributed by atoms with van der Waals surface area (Å²) >= 11 is 0. The topological polar surface area (TPSA) is 96.9 Å². The van der Waals surface area contributed by atoms with Gasteiger partial charge in [0.15, 0.2) is 0 Å². The van der Waals surface area contributed by atoms with Crippen LogP contribution in [-0.4, -0.2) is 26.6 Å². The summed E-state index contributed by atoms with van der Waals surface area (Å²) in [5.74, 6) is -0.230. The highest BCUT2D eigenvalue weighted by Gasteiger charge is 2.28. The third kappa shape index (κ3) is 7.00. The minimum absolute atomic E-state index is 0.101. The van der Waals surface area contributed by atoms with Crippen LogP contribution in [0.1, 0.15) is 30.5 Å². The summed E-state index contributed by atoms with van der Waals surface area (Å²) in [5.41, 5.74) is 5.10. The molecule has 0 saturated heterocycles. The van der Waals surface area contributed by atoms with Crippen LogP contribution in [0.5, 0.6) is 5.75 Å². The van der Waals surface area contributed by atoms with Crippen LogP contribution >= 0.6 is 0 Å². The Morgan fingerprint density at radius 2 is 1.62 bits per heavy atom. The van der Waals surface area contributed by atoms with Crippen LogP contribution in [0.3, 0.4) is 0 Å². The monoisotopic (exact) mass is 479 g/mol. The van der Waals surface area contributed by atoms with Crippen molar-refractivity contribution >= 4 is 22.1 Å². The number of aryl methyl sites for hydroxylation is 1. The summed E-state index contributed by atoms with van der Waals surface area (Å²) in [6, 6.07) is 22.5. The number of carbonyl (C=O) groups excluding carboxylic acids is 1. The normalized spacial score (nSPS) is 12.6. The van der Waals surface area contributed by atoms with Crippen molar-refractivity contribution in [2.75, 3.05) is 0 Å². The van der Waals surface area contributed by atoms with Crippen LogP contribution in [0, 0.1) is 12.8 Å². The zero-order valence-corrected chi connectivity index (χ0v) is 20.2. The second-order valence-corrected chi connectivity index (χ2v) is 9.92. The summed E-state index contributed by atoms with van der Waals surface area (Å²) in [4.78, 5) is 12.9. The molecule has 178 valence electrons. The smallest absolute Gasteiger partial charge is 0.258 e. The van der Waals surface area contributed by atoms with E-state index in [0.717, 1.165) is 11.1 Å². The minimum atomic E-state index is -3.87. The third-order valence-electron chi connectivity index (χ3n) is 5.10. The van der Waals surface area contributed by atoms with Crippen LogP contribution in [0.4, 0.5) is 0 Å². The molecule has 3 aromatic carbocycles. The quantitative estimate of drug-likeness (QED) is 0.339. The first-order valence-electron chi connectivity index (χ1n) is 10.9. The SMILES string of the molecule is Cc1ccc(S(=O)(=O)N[C@@H](C(=O)N/N=C\c2ccccc2OCc2ccccc2)C(C)C)cc1. The highest BCUT2D eigenvalue weighted by Crippen LogP contribution is 2.18. The van der Waals surface area contributed by atoms with Gasteiger partial charge in [-0.15, -0.1) is 0 Å². The van der Waals surface area contributed by atoms with E-state index < -0.39 is 22.0 Å². The van der Waals surface area contributed by atoms with Crippen LogP contribution in [0.25, 0.3) is 0 Å². The molecule has 3 aromatic rings. The number of para-hydroxylation sites is 1. The number of ether oxygens (including phenoxy) is 1. The fourth-order valence-corrected chi connectivity index (χ4v) is 4.48. The summed E-state index contributed by atoms with van der Waals surface area (Å²) in [7, 11) is -3.87. The lowest BCUT2D eigenvalue weighted by molar-refractivity contribution is -0.123. The van der Waals surface area contributed by atoms with Gasteiger partial charge in [0.2, 0.25) is 10.0 Å². The van der Waals surface area contributed by atoms with E-state index in [2.05, 4.69) is 15.2 Å². The first-order chi connectivity index (χ1) is 16.3. The molecule has 0 saturated carbocycles. The van der Waals surface area contributed by atoms with Crippen molar-refractivity contribution in [3.63, 3.8) is 0 Å². The Morgan fingerprint density at radius 1 is 0.971 bits per heavy atom. The molecule has 0 spiro atoms. The highest BCUT2D eigenvalue weighted by atomic mass is 32.2. The molecule has 0 aliphatic heterocycles. The molecule has 0 aliphatic rings. The summed E-state index contributed by atoms with van der Waals surface area (Å²) in [5, 5.41) is 4.04. The number of benzene rings is 3. The molecule has 0 aromatic heterocycles. The Bertz CT molecular complexity index is 1220. The van der Waals surface area contributed by atoms with Crippen molar-refractivity contribution in [2.24, 2.45) is 11.0 Å². The second-order valence-electron chi connectivity index (χ2n) is 8.20. The number of carbonyl (C=O) groups is 1. The first kappa shape index (κ1) is 25.1. The molecular weight excluding hydrogens is 450 g/mol. The number of nitrogens with one attached hydrogen (secondary N) is 2. The van der Waals surface area contributed by atoms with Crippen molar-refractivity contribution in [1.29, 1.82) is 0 Å². The van der Waals surface area contributed by atoms with E-state index in [9.17, 15) is 13.2 Å². The van der Waals surface area contributed by atoms with Gasteiger partial charge >= 0.3 is 0 Å². The molecule has 0 fully saturated rings. The van der Waals surface area contributed by atoms with Gasteiger partial charge in [0.25, 0.3) is 5.91 Å². The predicted molar refractivity (Wildman–Crippen MR) is 133 cm³/mol. The summed E-state index contributed by atoms with van der Waals surface area (Å²) in [6.07, 6.45) is 1.48. The molecule has 0 unspecified atom stereocenters. The van der Waals surface area contributed by atoms with Gasteiger partial charge in [-0.25, -0.2) is 13.8 Å². The molecule has 34 heavy (non-hydrogen) atoms. The third-order valence-corrected chi connectivity index (χ3v) is 6.55. The van der Waals surface area contributed by atoms with Crippen LogP contribution < -0.4 is 14.9 Å². The molecule has 2 N–H and O–H groups in total. The molecule has 0 aliphatic carbocycles. The molecular formula is C26H29N3O4S. The number of hydrogen-bond acceptors (Lipinski definition) is 5. The first-order valence-corrected chi connectivity index (χ1v) is 12.4. The largest absolute Gasteiger partial charge is 0.488 e. The van der Waals surface area contributed by atoms with E-state index >= 15 is 0 Å². The highest BCUT2D eigenvalue weighted by molar-refractivity contribution is 7.89. The molecule has 0 heterocycles. The van der Waals surface area contributed by atoms with Gasteiger partial charge in [0.05, 0.1) is 11.1 Å². The fourth-order valence-electron chi connectivity index (χ4n) is 3.13. The van der Waals surface area contributed by atoms with Crippen molar-refractivity contribution in [3.05, 3.63) is 95.6 Å². The molecule has 3 rings (SSSR count). The van der Waals surface area contributed by atoms with Gasteiger partial charge in [-0.2, -0.15) is 9.82 Å². The molecule has 1 atom stereocenters. The number of nitrogens with zero attached hydrogens (tertiary/aromatic N) is 1. The van der Waals surface area contributed by atoms with Crippen molar-refractivity contribution in [1.82, 2.24) is 10.1 Å². The predicted octanol–water partition coefficient (Wildman–Crippen LogP) is 4.03. The molecule has 8 heteroatoms. The Kier molecular flexibility index (Phi) is 8.56. The molecule has 1 amide bonds. The van der Waals surface area contributed by atoms with Gasteiger partial charge < -0.3 is 4.74 Å². The van der Waals surface area contributed by atoms with Crippen molar-refractivity contribution in [2.45, 2.75) is 38.3 Å². The number of rotatable bonds is 10. The lowest BCUT2D eigenvalue weighted by atomic mass is 10.1. The standard InChI is InChI=1S/C26H29N3O4S/c1-19(2)25(29-34(31,32)23-15-13-20(3)14-16-23)26(30)28-27-17-22-11-7-8-12-24(22)33-18-21-9-5-4-6-10-21/h4-17,19,25,29H,18H2,1-3H3,(H,28,30)/b27-17-/t25-/m1/s1. The summed E-state index contributed by atoms with van der Waals surface area (Å²) < 4.78 is 33.9. The van der Waals surface area contributed by atoms with Crippen molar-refractivity contribution in [3.8, 4) is 5.75 Å². The number of amides is 1. The Balaban J connectivity index is 1.66. The zero-order chi connectivity index (χ0) is 24.6. The average molecular weight is 480 g/mol. The van der Waals surface area contributed by atoms with E-state index in [-0.39, 0.29) is 10.8 Å². The maximum Gasteiger partial charge on any atom is 0.258 e. The zero-order valence-electron chi connectivity index (χ0n) is 19.4. The molecule has 7 nitrogen and oxygen atoms in total. The number of sulfonamides is 1. The number of hydrazone groups is 1. The Morgan fingerprint density at radius 3 is 2.29 bits per heavy atom. The van der Waals surface area contributed by atoms with Gasteiger partial charge in [-0.05, 0) is 42.7 Å². The van der Waals surface area contributed by atoms with E-state index in [0.29, 0.717) is 17.9 Å². The van der Waals surface area contributed by atoms with Gasteiger partial charge in [0.1, 0.15) is 18.4 Å². The van der Waals surface area contributed by atoms with E-state index in [1.54, 1.807) is 26.0 Å². The minimum Gasteiger partial charge on any atom is -0.488 e. The molecule has 0 bridgehead atoms. The lowest BCUT2D eigenvalue weighted by Gasteiger charge is -2.20. The Labute approximate surface area is 200 Å². The lowest BCUT2D eigenvalue weighted by Crippen LogP contribution is -2.48. The molecule has 0 radical (unpaired) electrons. The second kappa shape index (κ2) is 11.6. The van der Waals surface area contributed by atoms with Crippen LogP contribution in [-0.2, 0) is 21.4 Å². The Hall–Kier alpha value is -3.49. The number of hydrogen-bond donors (Lipinski definition) is 2. The van der Waals surface area contributed by atoms with E-state index in [1.165, 1.54) is 18.3 Å². The summed E-state index contributed by atoms with van der Waals surface area (Å²) in [6.45, 7) is 5.79. The maximum absolute atomic E-state index is 12.8. The van der Waals surface area contributed by atoms with Crippen molar-refractivity contribution < 1.29 is 17.9 Å².